The van der Waals surface area contributed by atoms with Crippen molar-refractivity contribution in [3.8, 4) is 17.1 Å². The molecule has 1 atom stereocenters. The second kappa shape index (κ2) is 9.95. The average molecular weight is 497 g/mol. The summed E-state index contributed by atoms with van der Waals surface area (Å²) in [4.78, 5) is 6.85. The number of ether oxygens (including phenoxy) is 1. The van der Waals surface area contributed by atoms with Crippen LogP contribution >= 0.6 is 12.2 Å². The van der Waals surface area contributed by atoms with E-state index in [2.05, 4.69) is 61.6 Å². The van der Waals surface area contributed by atoms with Crippen LogP contribution in [0.25, 0.3) is 17.0 Å². The minimum absolute atomic E-state index is 0.227. The molecule has 1 N–H and O–H groups in total. The fourth-order valence-corrected chi connectivity index (χ4v) is 4.98. The number of nitrogens with one attached hydrogen (secondary N) is 1. The summed E-state index contributed by atoms with van der Waals surface area (Å²) in [5, 5.41) is 8.46. The minimum Gasteiger partial charge on any atom is -0.494 e. The molecule has 1 aromatic heterocycles. The lowest BCUT2D eigenvalue weighted by Gasteiger charge is -2.37. The summed E-state index contributed by atoms with van der Waals surface area (Å²) in [7, 11) is 0. The zero-order valence-electron chi connectivity index (χ0n) is 20.8. The Balaban J connectivity index is 1.61. The number of thiocarbonyl (C=S) groups is 1. The summed E-state index contributed by atoms with van der Waals surface area (Å²) in [5.41, 5.74) is 7.09. The van der Waals surface area contributed by atoms with Crippen molar-refractivity contribution in [3.05, 3.63) is 101 Å². The van der Waals surface area contributed by atoms with Crippen LogP contribution in [0.3, 0.4) is 0 Å². The highest BCUT2D eigenvalue weighted by molar-refractivity contribution is 7.80. The highest BCUT2D eigenvalue weighted by Crippen LogP contribution is 2.39. The number of aromatic nitrogens is 2. The van der Waals surface area contributed by atoms with Crippen LogP contribution in [0.2, 0.25) is 0 Å². The highest BCUT2D eigenvalue weighted by Gasteiger charge is 2.34. The van der Waals surface area contributed by atoms with Gasteiger partial charge in [-0.05, 0) is 93.0 Å². The normalized spacial score (nSPS) is 15.7. The lowest BCUT2D eigenvalue weighted by atomic mass is 9.94. The Morgan fingerprint density at radius 2 is 1.67 bits per heavy atom. The van der Waals surface area contributed by atoms with Crippen molar-refractivity contribution in [3.63, 3.8) is 0 Å². The summed E-state index contributed by atoms with van der Waals surface area (Å²) in [6.07, 6.45) is 0. The van der Waals surface area contributed by atoms with E-state index in [9.17, 15) is 0 Å². The van der Waals surface area contributed by atoms with Gasteiger partial charge in [0.05, 0.1) is 18.2 Å². The molecule has 36 heavy (non-hydrogen) atoms. The van der Waals surface area contributed by atoms with Gasteiger partial charge in [-0.25, -0.2) is 0 Å². The van der Waals surface area contributed by atoms with Gasteiger partial charge >= 0.3 is 0 Å². The van der Waals surface area contributed by atoms with E-state index >= 15 is 0 Å². The topological polar surface area (TPSA) is 63.4 Å². The zero-order valence-corrected chi connectivity index (χ0v) is 21.6. The number of allylic oxidation sites excluding steroid dienone is 1. The highest BCUT2D eigenvalue weighted by atomic mass is 32.1. The molecule has 0 radical (unpaired) electrons. The molecule has 1 aliphatic rings. The quantitative estimate of drug-likeness (QED) is 0.301. The minimum atomic E-state index is -0.227. The van der Waals surface area contributed by atoms with Crippen molar-refractivity contribution in [1.82, 2.24) is 15.5 Å². The zero-order chi connectivity index (χ0) is 25.2. The SMILES string of the molecule is CCOc1ccc(-c2noc(C3=C(C)N(c4cc(C)cc(C)c4)C(=S)NC3c3ccccc3)n2)cc1. The van der Waals surface area contributed by atoms with Crippen LogP contribution in [0.1, 0.15) is 42.5 Å². The monoisotopic (exact) mass is 496 g/mol. The molecule has 5 rings (SSSR count). The molecule has 6 nitrogen and oxygen atoms in total. The van der Waals surface area contributed by atoms with Crippen LogP contribution in [-0.2, 0) is 0 Å². The van der Waals surface area contributed by atoms with Crippen LogP contribution in [0.15, 0.2) is 83.0 Å². The Kier molecular flexibility index (Phi) is 6.57. The Hall–Kier alpha value is -3.97. The number of hydrogen-bond acceptors (Lipinski definition) is 5. The molecular formula is C29H28N4O2S. The van der Waals surface area contributed by atoms with E-state index in [1.165, 1.54) is 11.1 Å². The molecule has 4 aromatic rings. The summed E-state index contributed by atoms with van der Waals surface area (Å²) < 4.78 is 11.4. The number of aryl methyl sites for hydroxylation is 2. The first kappa shape index (κ1) is 23.8. The molecule has 0 saturated carbocycles. The smallest absolute Gasteiger partial charge is 0.258 e. The first-order valence-corrected chi connectivity index (χ1v) is 12.4. The van der Waals surface area contributed by atoms with Gasteiger partial charge < -0.3 is 14.6 Å². The Morgan fingerprint density at radius 1 is 0.972 bits per heavy atom. The van der Waals surface area contributed by atoms with Gasteiger partial charge in [0.15, 0.2) is 5.11 Å². The van der Waals surface area contributed by atoms with Gasteiger partial charge in [0.25, 0.3) is 5.89 Å². The number of hydrogen-bond donors (Lipinski definition) is 1. The molecule has 1 unspecified atom stereocenters. The van der Waals surface area contributed by atoms with E-state index in [1.807, 2.05) is 54.3 Å². The number of nitrogens with zero attached hydrogens (tertiary/aromatic N) is 3. The van der Waals surface area contributed by atoms with E-state index in [0.29, 0.717) is 23.4 Å². The summed E-state index contributed by atoms with van der Waals surface area (Å²) in [6.45, 7) is 8.81. The first-order valence-electron chi connectivity index (χ1n) is 12.0. The fraction of sp³-hybridized carbons (Fsp3) is 0.207. The lowest BCUT2D eigenvalue weighted by molar-refractivity contribution is 0.340. The molecule has 3 aromatic carbocycles. The Labute approximate surface area is 216 Å². The second-order valence-corrected chi connectivity index (χ2v) is 9.24. The van der Waals surface area contributed by atoms with Crippen LogP contribution in [0, 0.1) is 13.8 Å². The standard InChI is InChI=1S/C29H28N4O2S/c1-5-34-24-13-11-22(12-14-24)27-31-28(35-32-27)25-20(4)33(23-16-18(2)15-19(3)17-23)29(36)30-26(25)21-9-7-6-8-10-21/h6-17,26H,5H2,1-4H3,(H,30,36). The Morgan fingerprint density at radius 3 is 2.33 bits per heavy atom. The molecule has 0 fully saturated rings. The van der Waals surface area contributed by atoms with Crippen molar-refractivity contribution in [2.24, 2.45) is 0 Å². The van der Waals surface area contributed by atoms with Gasteiger partial charge in [0, 0.05) is 16.9 Å². The van der Waals surface area contributed by atoms with Crippen molar-refractivity contribution >= 4 is 28.6 Å². The van der Waals surface area contributed by atoms with Crippen molar-refractivity contribution < 1.29 is 9.26 Å². The average Bonchev–Trinajstić information content (AvgIpc) is 3.34. The first-order chi connectivity index (χ1) is 17.4. The number of anilines is 1. The molecule has 0 saturated heterocycles. The third-order valence-corrected chi connectivity index (χ3v) is 6.46. The molecule has 0 bridgehead atoms. The Bertz CT molecular complexity index is 1410. The maximum absolute atomic E-state index is 5.87. The fourth-order valence-electron chi connectivity index (χ4n) is 4.62. The molecule has 2 heterocycles. The summed E-state index contributed by atoms with van der Waals surface area (Å²) in [5.74, 6) is 1.78. The van der Waals surface area contributed by atoms with E-state index in [-0.39, 0.29) is 6.04 Å². The maximum atomic E-state index is 5.87. The summed E-state index contributed by atoms with van der Waals surface area (Å²) >= 11 is 5.87. The van der Waals surface area contributed by atoms with Crippen molar-refractivity contribution in [2.45, 2.75) is 33.7 Å². The maximum Gasteiger partial charge on any atom is 0.258 e. The molecule has 0 amide bonds. The van der Waals surface area contributed by atoms with Gasteiger partial charge in [-0.3, -0.25) is 4.90 Å². The van der Waals surface area contributed by atoms with Crippen LogP contribution in [0.5, 0.6) is 5.75 Å². The van der Waals surface area contributed by atoms with Gasteiger partial charge in [-0.1, -0.05) is 41.6 Å². The van der Waals surface area contributed by atoms with E-state index in [1.54, 1.807) is 0 Å². The van der Waals surface area contributed by atoms with E-state index < -0.39 is 0 Å². The third kappa shape index (κ3) is 4.62. The molecular weight excluding hydrogens is 468 g/mol. The predicted molar refractivity (Wildman–Crippen MR) is 147 cm³/mol. The third-order valence-electron chi connectivity index (χ3n) is 6.16. The van der Waals surface area contributed by atoms with Gasteiger partial charge in [0.2, 0.25) is 5.82 Å². The van der Waals surface area contributed by atoms with Crippen LogP contribution in [-0.4, -0.2) is 21.9 Å². The van der Waals surface area contributed by atoms with Gasteiger partial charge in [-0.15, -0.1) is 0 Å². The van der Waals surface area contributed by atoms with Crippen molar-refractivity contribution in [2.75, 3.05) is 11.5 Å². The van der Waals surface area contributed by atoms with E-state index in [0.717, 1.165) is 33.8 Å². The van der Waals surface area contributed by atoms with Gasteiger partial charge in [-0.2, -0.15) is 4.98 Å². The van der Waals surface area contributed by atoms with Crippen LogP contribution in [0.4, 0.5) is 5.69 Å². The molecule has 1 aliphatic heterocycles. The molecule has 182 valence electrons. The predicted octanol–water partition coefficient (Wildman–Crippen LogP) is 6.62. The number of rotatable bonds is 6. The number of benzene rings is 3. The second-order valence-electron chi connectivity index (χ2n) is 8.85. The molecule has 7 heteroatoms. The van der Waals surface area contributed by atoms with Crippen LogP contribution < -0.4 is 15.0 Å². The van der Waals surface area contributed by atoms with Gasteiger partial charge in [0.1, 0.15) is 5.75 Å². The van der Waals surface area contributed by atoms with E-state index in [4.69, 9.17) is 26.5 Å². The lowest BCUT2D eigenvalue weighted by Crippen LogP contribution is -2.46. The van der Waals surface area contributed by atoms with Crippen molar-refractivity contribution in [1.29, 1.82) is 0 Å². The summed E-state index contributed by atoms with van der Waals surface area (Å²) in [6, 6.07) is 24.1. The largest absolute Gasteiger partial charge is 0.494 e. The molecule has 0 spiro atoms. The molecule has 0 aliphatic carbocycles.